The highest BCUT2D eigenvalue weighted by Gasteiger charge is 2.26. The first-order valence-corrected chi connectivity index (χ1v) is 8.50. The van der Waals surface area contributed by atoms with Gasteiger partial charge in [0.25, 0.3) is 0 Å². The van der Waals surface area contributed by atoms with Gasteiger partial charge in [0.1, 0.15) is 0 Å². The Balaban J connectivity index is 2.10. The Hall–Kier alpha value is -0.390. The molecule has 1 aromatic rings. The average molecular weight is 343 g/mol. The summed E-state index contributed by atoms with van der Waals surface area (Å²) < 4.78 is 3.30. The molecule has 0 aromatic carbocycles. The van der Waals surface area contributed by atoms with Crippen molar-refractivity contribution in [1.29, 1.82) is 0 Å². The second-order valence-electron chi connectivity index (χ2n) is 6.05. The van der Waals surface area contributed by atoms with Gasteiger partial charge in [-0.1, -0.05) is 26.2 Å². The molecule has 1 aliphatic carbocycles. The summed E-state index contributed by atoms with van der Waals surface area (Å²) in [4.78, 5) is 2.20. The summed E-state index contributed by atoms with van der Waals surface area (Å²) in [5.74, 6) is 0.892. The molecule has 1 N–H and O–H groups in total. The van der Waals surface area contributed by atoms with E-state index >= 15 is 0 Å². The molecule has 0 bridgehead atoms. The van der Waals surface area contributed by atoms with E-state index in [1.807, 2.05) is 6.20 Å². The Morgan fingerprint density at radius 3 is 2.80 bits per heavy atom. The third kappa shape index (κ3) is 4.06. The van der Waals surface area contributed by atoms with Crippen molar-refractivity contribution in [2.24, 2.45) is 5.92 Å². The number of hydrogen-bond acceptors (Lipinski definition) is 3. The van der Waals surface area contributed by atoms with Gasteiger partial charge in [0.05, 0.1) is 29.0 Å². The first kappa shape index (κ1) is 16.0. The van der Waals surface area contributed by atoms with Crippen molar-refractivity contribution in [3.05, 3.63) is 16.4 Å². The van der Waals surface area contributed by atoms with Crippen LogP contribution < -0.4 is 5.32 Å². The highest BCUT2D eigenvalue weighted by atomic mass is 79.9. The van der Waals surface area contributed by atoms with Gasteiger partial charge in [0.15, 0.2) is 0 Å². The zero-order valence-corrected chi connectivity index (χ0v) is 14.5. The Kier molecular flexibility index (Phi) is 6.05. The van der Waals surface area contributed by atoms with Crippen LogP contribution in [0.25, 0.3) is 0 Å². The highest BCUT2D eigenvalue weighted by molar-refractivity contribution is 9.10. The third-order valence-electron chi connectivity index (χ3n) is 4.17. The molecule has 0 aliphatic heterocycles. The number of likely N-dealkylation sites (N-methyl/N-ethyl adjacent to an activating group) is 1. The minimum absolute atomic E-state index is 0.421. The molecule has 20 heavy (non-hydrogen) atoms. The van der Waals surface area contributed by atoms with E-state index in [-0.39, 0.29) is 0 Å². The van der Waals surface area contributed by atoms with Crippen molar-refractivity contribution in [2.45, 2.75) is 45.2 Å². The molecule has 0 radical (unpaired) electrons. The van der Waals surface area contributed by atoms with Gasteiger partial charge in [-0.3, -0.25) is 4.68 Å². The van der Waals surface area contributed by atoms with Crippen LogP contribution in [0.1, 0.15) is 44.3 Å². The summed E-state index contributed by atoms with van der Waals surface area (Å²) >= 11 is 3.69. The van der Waals surface area contributed by atoms with Gasteiger partial charge in [-0.25, -0.2) is 0 Å². The van der Waals surface area contributed by atoms with Gasteiger partial charge >= 0.3 is 0 Å². The normalized spacial score (nSPS) is 17.4. The van der Waals surface area contributed by atoms with Gasteiger partial charge in [0, 0.05) is 6.54 Å². The Bertz CT molecular complexity index is 412. The molecular formula is C15H27BrN4. The maximum atomic E-state index is 4.55. The van der Waals surface area contributed by atoms with E-state index in [1.165, 1.54) is 31.4 Å². The summed E-state index contributed by atoms with van der Waals surface area (Å²) in [7, 11) is 4.21. The Morgan fingerprint density at radius 2 is 2.25 bits per heavy atom. The summed E-state index contributed by atoms with van der Waals surface area (Å²) in [5.41, 5.74) is 1.32. The quantitative estimate of drug-likeness (QED) is 0.788. The van der Waals surface area contributed by atoms with Crippen molar-refractivity contribution in [3.63, 3.8) is 0 Å². The fraction of sp³-hybridized carbons (Fsp3) is 0.800. The smallest absolute Gasteiger partial charge is 0.0696 e. The summed E-state index contributed by atoms with van der Waals surface area (Å²) in [6.07, 6.45) is 7.37. The molecular weight excluding hydrogens is 316 g/mol. The molecule has 1 fully saturated rings. The zero-order valence-electron chi connectivity index (χ0n) is 12.9. The molecule has 0 saturated heterocycles. The van der Waals surface area contributed by atoms with E-state index < -0.39 is 0 Å². The summed E-state index contributed by atoms with van der Waals surface area (Å²) in [6.45, 7) is 5.15. The topological polar surface area (TPSA) is 33.1 Å². The predicted octanol–water partition coefficient (Wildman–Crippen LogP) is 3.05. The number of hydrogen-bond donors (Lipinski definition) is 1. The number of nitrogens with zero attached hydrogens (tertiary/aromatic N) is 3. The van der Waals surface area contributed by atoms with Crippen molar-refractivity contribution >= 4 is 15.9 Å². The maximum absolute atomic E-state index is 4.55. The SMILES string of the molecule is CCNC(CC1CCC1)c1c(Br)cnn1CCN(C)C. The standard InChI is InChI=1S/C15H27BrN4/c1-4-17-14(10-12-6-5-7-12)15-13(16)11-18-20(15)9-8-19(2)3/h11-12,14,17H,4-10H2,1-3H3. The molecule has 1 heterocycles. The lowest BCUT2D eigenvalue weighted by Gasteiger charge is -2.30. The minimum atomic E-state index is 0.421. The van der Waals surface area contributed by atoms with Crippen molar-refractivity contribution in [1.82, 2.24) is 20.0 Å². The molecule has 5 heteroatoms. The number of rotatable bonds is 8. The third-order valence-corrected chi connectivity index (χ3v) is 4.78. The van der Waals surface area contributed by atoms with Crippen LogP contribution in [0.15, 0.2) is 10.7 Å². The molecule has 0 spiro atoms. The second-order valence-corrected chi connectivity index (χ2v) is 6.90. The van der Waals surface area contributed by atoms with Gasteiger partial charge in [-0.2, -0.15) is 5.10 Å². The molecule has 1 aliphatic rings. The van der Waals surface area contributed by atoms with E-state index in [4.69, 9.17) is 0 Å². The first-order chi connectivity index (χ1) is 9.61. The second kappa shape index (κ2) is 7.57. The highest BCUT2D eigenvalue weighted by Crippen LogP contribution is 2.36. The number of aromatic nitrogens is 2. The Morgan fingerprint density at radius 1 is 1.50 bits per heavy atom. The van der Waals surface area contributed by atoms with Crippen molar-refractivity contribution in [3.8, 4) is 0 Å². The summed E-state index contributed by atoms with van der Waals surface area (Å²) in [5, 5.41) is 8.19. The first-order valence-electron chi connectivity index (χ1n) is 7.71. The van der Waals surface area contributed by atoms with Gasteiger partial charge in [-0.05, 0) is 48.9 Å². The van der Waals surface area contributed by atoms with Crippen molar-refractivity contribution in [2.75, 3.05) is 27.2 Å². The van der Waals surface area contributed by atoms with Crippen LogP contribution in [-0.4, -0.2) is 41.9 Å². The molecule has 4 nitrogen and oxygen atoms in total. The van der Waals surface area contributed by atoms with Crippen LogP contribution in [0, 0.1) is 5.92 Å². The van der Waals surface area contributed by atoms with Crippen LogP contribution in [0.5, 0.6) is 0 Å². The van der Waals surface area contributed by atoms with E-state index in [2.05, 4.69) is 56.9 Å². The van der Waals surface area contributed by atoms with Crippen LogP contribution in [0.4, 0.5) is 0 Å². The molecule has 2 rings (SSSR count). The largest absolute Gasteiger partial charge is 0.309 e. The lowest BCUT2D eigenvalue weighted by Crippen LogP contribution is -2.29. The van der Waals surface area contributed by atoms with Crippen LogP contribution in [0.3, 0.4) is 0 Å². The molecule has 0 amide bonds. The molecule has 114 valence electrons. The van der Waals surface area contributed by atoms with E-state index in [0.717, 1.165) is 30.0 Å². The van der Waals surface area contributed by atoms with E-state index in [9.17, 15) is 0 Å². The Labute approximate surface area is 131 Å². The fourth-order valence-corrected chi connectivity index (χ4v) is 3.36. The molecule has 1 saturated carbocycles. The zero-order chi connectivity index (χ0) is 14.5. The molecule has 1 aromatic heterocycles. The van der Waals surface area contributed by atoms with Gasteiger partial charge in [0.2, 0.25) is 0 Å². The summed E-state index contributed by atoms with van der Waals surface area (Å²) in [6, 6.07) is 0.421. The number of halogens is 1. The maximum Gasteiger partial charge on any atom is 0.0696 e. The van der Waals surface area contributed by atoms with Crippen molar-refractivity contribution < 1.29 is 0 Å². The van der Waals surface area contributed by atoms with E-state index in [0.29, 0.717) is 6.04 Å². The number of nitrogens with one attached hydrogen (secondary N) is 1. The van der Waals surface area contributed by atoms with Gasteiger partial charge in [-0.15, -0.1) is 0 Å². The van der Waals surface area contributed by atoms with Crippen LogP contribution >= 0.6 is 15.9 Å². The minimum Gasteiger partial charge on any atom is -0.309 e. The van der Waals surface area contributed by atoms with Crippen LogP contribution in [-0.2, 0) is 6.54 Å². The lowest BCUT2D eigenvalue weighted by atomic mass is 9.80. The fourth-order valence-electron chi connectivity index (χ4n) is 2.79. The van der Waals surface area contributed by atoms with Crippen LogP contribution in [0.2, 0.25) is 0 Å². The monoisotopic (exact) mass is 342 g/mol. The van der Waals surface area contributed by atoms with E-state index in [1.54, 1.807) is 0 Å². The molecule has 1 atom stereocenters. The molecule has 1 unspecified atom stereocenters. The van der Waals surface area contributed by atoms with Gasteiger partial charge < -0.3 is 10.2 Å². The lowest BCUT2D eigenvalue weighted by molar-refractivity contribution is 0.255. The predicted molar refractivity (Wildman–Crippen MR) is 86.9 cm³/mol. The average Bonchev–Trinajstić information content (AvgIpc) is 2.71.